The molecule has 0 aliphatic heterocycles. The summed E-state index contributed by atoms with van der Waals surface area (Å²) >= 11 is 6.12. The number of hydrogen-bond acceptors (Lipinski definition) is 5. The minimum absolute atomic E-state index is 0.0267. The number of nitrogens with one attached hydrogen (secondary N) is 1. The quantitative estimate of drug-likeness (QED) is 0.456. The molecular weight excluding hydrogens is 454 g/mol. The van der Waals surface area contributed by atoms with Crippen molar-refractivity contribution in [3.8, 4) is 11.5 Å². The molecule has 3 heterocycles. The number of rotatable bonds is 4. The number of hydrogen-bond donors (Lipinski definition) is 1. The van der Waals surface area contributed by atoms with E-state index in [9.17, 15) is 22.4 Å². The van der Waals surface area contributed by atoms with Gasteiger partial charge in [-0.25, -0.2) is 14.1 Å². The minimum atomic E-state index is -5.00. The molecule has 0 unspecified atom stereocenters. The molecule has 8 nitrogen and oxygen atoms in total. The monoisotopic (exact) mass is 465 g/mol. The van der Waals surface area contributed by atoms with Crippen LogP contribution in [0.15, 0.2) is 49.1 Å². The van der Waals surface area contributed by atoms with Gasteiger partial charge in [0.2, 0.25) is 0 Å². The van der Waals surface area contributed by atoms with Gasteiger partial charge in [-0.2, -0.15) is 28.5 Å². The molecule has 164 valence electrons. The van der Waals surface area contributed by atoms with E-state index in [-0.39, 0.29) is 22.1 Å². The van der Waals surface area contributed by atoms with Crippen molar-refractivity contribution in [2.24, 2.45) is 0 Å². The Morgan fingerprint density at radius 2 is 1.84 bits per heavy atom. The van der Waals surface area contributed by atoms with Gasteiger partial charge in [0.25, 0.3) is 5.91 Å². The summed E-state index contributed by atoms with van der Waals surface area (Å²) in [4.78, 5) is 17.8. The van der Waals surface area contributed by atoms with Gasteiger partial charge in [-0.15, -0.1) is 4.80 Å². The largest absolute Gasteiger partial charge is 0.434 e. The summed E-state index contributed by atoms with van der Waals surface area (Å²) in [5.41, 5.74) is -2.38. The number of pyridine rings is 1. The Hall–Kier alpha value is -3.80. The summed E-state index contributed by atoms with van der Waals surface area (Å²) < 4.78 is 56.2. The maximum absolute atomic E-state index is 14.3. The Morgan fingerprint density at radius 3 is 2.47 bits per heavy atom. The van der Waals surface area contributed by atoms with Crippen LogP contribution in [-0.4, -0.2) is 35.7 Å². The first-order chi connectivity index (χ1) is 15.2. The number of amides is 1. The summed E-state index contributed by atoms with van der Waals surface area (Å²) in [5, 5.41) is 13.7. The molecule has 0 saturated heterocycles. The number of carbonyl (C=O) groups excluding carboxylic acids is 1. The van der Waals surface area contributed by atoms with Gasteiger partial charge in [0.1, 0.15) is 11.5 Å². The number of nitrogens with zero attached hydrogens (tertiary/aromatic N) is 6. The van der Waals surface area contributed by atoms with Crippen molar-refractivity contribution < 1.29 is 22.4 Å². The van der Waals surface area contributed by atoms with Gasteiger partial charge >= 0.3 is 6.18 Å². The number of aryl methyl sites for hydroxylation is 1. The van der Waals surface area contributed by atoms with E-state index in [1.54, 1.807) is 0 Å². The highest BCUT2D eigenvalue weighted by molar-refractivity contribution is 6.32. The third kappa shape index (κ3) is 3.91. The van der Waals surface area contributed by atoms with E-state index >= 15 is 0 Å². The van der Waals surface area contributed by atoms with Gasteiger partial charge in [-0.05, 0) is 24.6 Å². The second-order valence-corrected chi connectivity index (χ2v) is 6.93. The number of para-hydroxylation sites is 1. The molecule has 1 N–H and O–H groups in total. The number of anilines is 1. The van der Waals surface area contributed by atoms with E-state index in [2.05, 4.69) is 25.6 Å². The second-order valence-electron chi connectivity index (χ2n) is 6.52. The highest BCUT2D eigenvalue weighted by Crippen LogP contribution is 2.35. The summed E-state index contributed by atoms with van der Waals surface area (Å²) in [7, 11) is 0. The van der Waals surface area contributed by atoms with Gasteiger partial charge in [0.05, 0.1) is 41.1 Å². The van der Waals surface area contributed by atoms with Crippen LogP contribution in [0.5, 0.6) is 0 Å². The maximum atomic E-state index is 14.3. The Kier molecular flexibility index (Phi) is 5.38. The van der Waals surface area contributed by atoms with Gasteiger partial charge in [-0.3, -0.25) is 4.79 Å². The lowest BCUT2D eigenvalue weighted by molar-refractivity contribution is -0.143. The van der Waals surface area contributed by atoms with E-state index in [4.69, 9.17) is 11.6 Å². The Labute approximate surface area is 182 Å². The van der Waals surface area contributed by atoms with Crippen molar-refractivity contribution >= 4 is 23.2 Å². The Bertz CT molecular complexity index is 1280. The van der Waals surface area contributed by atoms with Gasteiger partial charge in [0, 0.05) is 0 Å². The smallest absolute Gasteiger partial charge is 0.320 e. The van der Waals surface area contributed by atoms with Crippen LogP contribution in [-0.2, 0) is 6.18 Å². The van der Waals surface area contributed by atoms with Crippen molar-refractivity contribution in [3.63, 3.8) is 0 Å². The van der Waals surface area contributed by atoms with Gasteiger partial charge in [0.15, 0.2) is 11.5 Å². The fraction of sp³-hybridized carbons (Fsp3) is 0.105. The van der Waals surface area contributed by atoms with Crippen LogP contribution in [0.1, 0.15) is 21.6 Å². The topological polar surface area (TPSA) is 90.5 Å². The number of alkyl halides is 3. The molecule has 0 saturated carbocycles. The predicted octanol–water partition coefficient (Wildman–Crippen LogP) is 4.22. The van der Waals surface area contributed by atoms with Crippen molar-refractivity contribution in [3.05, 3.63) is 76.7 Å². The minimum Gasteiger partial charge on any atom is -0.320 e. The normalized spacial score (nSPS) is 11.6. The average Bonchev–Trinajstić information content (AvgIpc) is 3.38. The first-order valence-corrected chi connectivity index (χ1v) is 9.29. The molecule has 13 heteroatoms. The summed E-state index contributed by atoms with van der Waals surface area (Å²) in [6.07, 6.45) is -0.283. The van der Waals surface area contributed by atoms with E-state index in [1.807, 2.05) is 0 Å². The Morgan fingerprint density at radius 1 is 1.12 bits per heavy atom. The van der Waals surface area contributed by atoms with Crippen molar-refractivity contribution in [1.82, 2.24) is 29.8 Å². The van der Waals surface area contributed by atoms with Crippen molar-refractivity contribution in [2.75, 3.05) is 5.32 Å². The van der Waals surface area contributed by atoms with E-state index in [0.29, 0.717) is 4.68 Å². The first kappa shape index (κ1) is 21.4. The zero-order valence-corrected chi connectivity index (χ0v) is 16.9. The molecule has 0 radical (unpaired) electrons. The molecule has 1 aromatic carbocycles. The molecule has 0 atom stereocenters. The number of carbonyl (C=O) groups is 1. The zero-order chi connectivity index (χ0) is 23.0. The molecule has 32 heavy (non-hydrogen) atoms. The molecule has 0 bridgehead atoms. The second kappa shape index (κ2) is 8.04. The summed E-state index contributed by atoms with van der Waals surface area (Å²) in [5.74, 6) is -1.88. The van der Waals surface area contributed by atoms with Crippen LogP contribution in [0, 0.1) is 12.7 Å². The molecule has 4 rings (SSSR count). The molecule has 0 spiro atoms. The molecular formula is C19H12ClF4N7O. The standard InChI is InChI=1S/C19H12ClF4N7O/c1-10-3-2-4-14(21)15(10)30-16(19(22,23)24)12(9-28-30)18(32)29-11-7-13(20)17(25-8-11)31-26-5-6-27-31/h2-9H,1H3,(H,29,32). The van der Waals surface area contributed by atoms with E-state index in [0.717, 1.165) is 17.1 Å². The number of benzene rings is 1. The van der Waals surface area contributed by atoms with Crippen LogP contribution in [0.25, 0.3) is 11.5 Å². The summed E-state index contributed by atoms with van der Waals surface area (Å²) in [6.45, 7) is 1.43. The summed E-state index contributed by atoms with van der Waals surface area (Å²) in [6, 6.07) is 5.08. The predicted molar refractivity (Wildman–Crippen MR) is 105 cm³/mol. The van der Waals surface area contributed by atoms with E-state index < -0.39 is 34.8 Å². The molecule has 3 aromatic heterocycles. The Balaban J connectivity index is 1.71. The highest BCUT2D eigenvalue weighted by atomic mass is 35.5. The van der Waals surface area contributed by atoms with Crippen LogP contribution in [0.4, 0.5) is 23.2 Å². The SMILES string of the molecule is Cc1cccc(F)c1-n1ncc(C(=O)Nc2cnc(-n3nccn3)c(Cl)c2)c1C(F)(F)F. The van der Waals surface area contributed by atoms with Crippen molar-refractivity contribution in [2.45, 2.75) is 13.1 Å². The lowest BCUT2D eigenvalue weighted by Crippen LogP contribution is -2.21. The van der Waals surface area contributed by atoms with Crippen LogP contribution >= 0.6 is 11.6 Å². The molecule has 0 fully saturated rings. The van der Waals surface area contributed by atoms with Crippen molar-refractivity contribution in [1.29, 1.82) is 0 Å². The first-order valence-electron chi connectivity index (χ1n) is 8.91. The van der Waals surface area contributed by atoms with Crippen LogP contribution < -0.4 is 5.32 Å². The molecule has 1 amide bonds. The molecule has 4 aromatic rings. The zero-order valence-electron chi connectivity index (χ0n) is 16.1. The highest BCUT2D eigenvalue weighted by Gasteiger charge is 2.41. The maximum Gasteiger partial charge on any atom is 0.434 e. The van der Waals surface area contributed by atoms with E-state index in [1.165, 1.54) is 43.7 Å². The molecule has 0 aliphatic carbocycles. The fourth-order valence-electron chi connectivity index (χ4n) is 3.02. The third-order valence-corrected chi connectivity index (χ3v) is 4.65. The average molecular weight is 466 g/mol. The fourth-order valence-corrected chi connectivity index (χ4v) is 3.26. The van der Waals surface area contributed by atoms with Gasteiger partial charge in [-0.1, -0.05) is 23.7 Å². The lowest BCUT2D eigenvalue weighted by Gasteiger charge is -2.15. The molecule has 0 aliphatic rings. The van der Waals surface area contributed by atoms with Gasteiger partial charge < -0.3 is 5.32 Å². The number of halogens is 5. The number of aromatic nitrogens is 6. The van der Waals surface area contributed by atoms with Crippen LogP contribution in [0.3, 0.4) is 0 Å². The third-order valence-electron chi connectivity index (χ3n) is 4.37. The lowest BCUT2D eigenvalue weighted by atomic mass is 10.1. The van der Waals surface area contributed by atoms with Crippen LogP contribution in [0.2, 0.25) is 5.02 Å².